The maximum absolute atomic E-state index is 5.62. The van der Waals surface area contributed by atoms with Gasteiger partial charge in [-0.3, -0.25) is 16.3 Å². The topological polar surface area (TPSA) is 50.9 Å². The van der Waals surface area contributed by atoms with Gasteiger partial charge >= 0.3 is 0 Å². The van der Waals surface area contributed by atoms with Gasteiger partial charge in [0, 0.05) is 22.9 Å². The van der Waals surface area contributed by atoms with Crippen LogP contribution in [-0.2, 0) is 12.8 Å². The Bertz CT molecular complexity index is 470. The van der Waals surface area contributed by atoms with Crippen molar-refractivity contribution in [3.8, 4) is 0 Å². The van der Waals surface area contributed by atoms with Crippen LogP contribution in [-0.4, -0.2) is 11.0 Å². The van der Waals surface area contributed by atoms with E-state index in [1.807, 2.05) is 24.5 Å². The molecule has 0 saturated carbocycles. The molecule has 3 nitrogen and oxygen atoms in total. The summed E-state index contributed by atoms with van der Waals surface area (Å²) in [6.45, 7) is 0. The van der Waals surface area contributed by atoms with Crippen molar-refractivity contribution in [1.29, 1.82) is 0 Å². The fourth-order valence-electron chi connectivity index (χ4n) is 1.90. The van der Waals surface area contributed by atoms with Crippen LogP contribution in [0.5, 0.6) is 0 Å². The lowest BCUT2D eigenvalue weighted by atomic mass is 10.0. The van der Waals surface area contributed by atoms with Gasteiger partial charge in [0.05, 0.1) is 0 Å². The van der Waals surface area contributed by atoms with Crippen LogP contribution in [0.1, 0.15) is 11.1 Å². The second-order valence-corrected chi connectivity index (χ2v) is 5.17. The number of halogens is 1. The molecule has 0 spiro atoms. The van der Waals surface area contributed by atoms with Crippen molar-refractivity contribution < 1.29 is 0 Å². The number of nitrogens with zero attached hydrogens (tertiary/aromatic N) is 1. The molecule has 0 radical (unpaired) electrons. The van der Waals surface area contributed by atoms with E-state index < -0.39 is 0 Å². The second-order valence-electron chi connectivity index (χ2n) is 4.25. The third-order valence-electron chi connectivity index (χ3n) is 2.86. The van der Waals surface area contributed by atoms with Crippen LogP contribution < -0.4 is 11.3 Å². The molecule has 4 heteroatoms. The van der Waals surface area contributed by atoms with Gasteiger partial charge in [-0.2, -0.15) is 0 Å². The highest BCUT2D eigenvalue weighted by Gasteiger charge is 2.08. The predicted octanol–water partition coefficient (Wildman–Crippen LogP) is 2.46. The highest BCUT2D eigenvalue weighted by molar-refractivity contribution is 9.10. The standard InChI is InChI=1S/C14H16BrN3/c15-13-3-1-11(2-4-13)9-14(18-16)10-12-5-7-17-8-6-12/h1-8,14,18H,9-10,16H2. The zero-order chi connectivity index (χ0) is 12.8. The van der Waals surface area contributed by atoms with Crippen molar-refractivity contribution >= 4 is 15.9 Å². The molecule has 1 aromatic heterocycles. The zero-order valence-corrected chi connectivity index (χ0v) is 11.6. The molecule has 1 heterocycles. The van der Waals surface area contributed by atoms with Crippen LogP contribution in [0.3, 0.4) is 0 Å². The fraction of sp³-hybridized carbons (Fsp3) is 0.214. The lowest BCUT2D eigenvalue weighted by Gasteiger charge is -2.16. The van der Waals surface area contributed by atoms with Crippen molar-refractivity contribution in [2.75, 3.05) is 0 Å². The maximum Gasteiger partial charge on any atom is 0.0291 e. The Morgan fingerprint density at radius 1 is 1.00 bits per heavy atom. The van der Waals surface area contributed by atoms with E-state index in [0.29, 0.717) is 0 Å². The first-order valence-corrected chi connectivity index (χ1v) is 6.66. The van der Waals surface area contributed by atoms with Gasteiger partial charge in [-0.1, -0.05) is 28.1 Å². The maximum atomic E-state index is 5.62. The highest BCUT2D eigenvalue weighted by atomic mass is 79.9. The smallest absolute Gasteiger partial charge is 0.0291 e. The number of nitrogens with one attached hydrogen (secondary N) is 1. The molecule has 2 rings (SSSR count). The first kappa shape index (κ1) is 13.2. The van der Waals surface area contributed by atoms with E-state index in [1.165, 1.54) is 11.1 Å². The molecule has 0 aliphatic heterocycles. The first-order chi connectivity index (χ1) is 8.78. The van der Waals surface area contributed by atoms with E-state index in [0.717, 1.165) is 17.3 Å². The fourth-order valence-corrected chi connectivity index (χ4v) is 2.16. The lowest BCUT2D eigenvalue weighted by molar-refractivity contribution is 0.522. The zero-order valence-electron chi connectivity index (χ0n) is 10.0. The van der Waals surface area contributed by atoms with Crippen LogP contribution in [0, 0.1) is 0 Å². The molecule has 0 bridgehead atoms. The number of rotatable bonds is 5. The molecule has 94 valence electrons. The van der Waals surface area contributed by atoms with Crippen LogP contribution in [0.15, 0.2) is 53.3 Å². The van der Waals surface area contributed by atoms with E-state index in [-0.39, 0.29) is 6.04 Å². The van der Waals surface area contributed by atoms with Gasteiger partial charge in [-0.15, -0.1) is 0 Å². The molecule has 0 aliphatic rings. The minimum absolute atomic E-state index is 0.230. The Balaban J connectivity index is 1.99. The molecular formula is C14H16BrN3. The molecule has 0 fully saturated rings. The summed E-state index contributed by atoms with van der Waals surface area (Å²) in [5.74, 6) is 5.62. The number of hydrogen-bond acceptors (Lipinski definition) is 3. The quantitative estimate of drug-likeness (QED) is 0.659. The van der Waals surface area contributed by atoms with Gasteiger partial charge < -0.3 is 0 Å². The SMILES string of the molecule is NNC(Cc1ccncc1)Cc1ccc(Br)cc1. The summed E-state index contributed by atoms with van der Waals surface area (Å²) in [4.78, 5) is 4.02. The molecule has 2 aromatic rings. The highest BCUT2D eigenvalue weighted by Crippen LogP contribution is 2.13. The van der Waals surface area contributed by atoms with Gasteiger partial charge in [0.25, 0.3) is 0 Å². The van der Waals surface area contributed by atoms with Gasteiger partial charge in [-0.05, 0) is 48.2 Å². The third kappa shape index (κ3) is 3.91. The van der Waals surface area contributed by atoms with Crippen molar-refractivity contribution in [3.63, 3.8) is 0 Å². The van der Waals surface area contributed by atoms with Gasteiger partial charge in [0.2, 0.25) is 0 Å². The molecule has 0 aliphatic carbocycles. The number of hydrogen-bond donors (Lipinski definition) is 2. The van der Waals surface area contributed by atoms with E-state index >= 15 is 0 Å². The molecule has 0 saturated heterocycles. The third-order valence-corrected chi connectivity index (χ3v) is 3.39. The molecule has 1 atom stereocenters. The van der Waals surface area contributed by atoms with Crippen molar-refractivity contribution in [3.05, 3.63) is 64.4 Å². The van der Waals surface area contributed by atoms with E-state index in [2.05, 4.69) is 50.6 Å². The number of benzene rings is 1. The summed E-state index contributed by atoms with van der Waals surface area (Å²) in [6.07, 6.45) is 5.42. The first-order valence-electron chi connectivity index (χ1n) is 5.87. The Labute approximate surface area is 116 Å². The normalized spacial score (nSPS) is 12.3. The van der Waals surface area contributed by atoms with Crippen LogP contribution >= 0.6 is 15.9 Å². The molecule has 1 aromatic carbocycles. The van der Waals surface area contributed by atoms with Gasteiger partial charge in [0.1, 0.15) is 0 Å². The Morgan fingerprint density at radius 2 is 1.56 bits per heavy atom. The lowest BCUT2D eigenvalue weighted by Crippen LogP contribution is -2.38. The van der Waals surface area contributed by atoms with Crippen LogP contribution in [0.2, 0.25) is 0 Å². The number of hydrazine groups is 1. The van der Waals surface area contributed by atoms with Crippen molar-refractivity contribution in [1.82, 2.24) is 10.4 Å². The largest absolute Gasteiger partial charge is 0.271 e. The Hall–Kier alpha value is -1.23. The van der Waals surface area contributed by atoms with Crippen molar-refractivity contribution in [2.45, 2.75) is 18.9 Å². The summed E-state index contributed by atoms with van der Waals surface area (Å²) < 4.78 is 1.10. The van der Waals surface area contributed by atoms with Crippen LogP contribution in [0.25, 0.3) is 0 Å². The Morgan fingerprint density at radius 3 is 2.11 bits per heavy atom. The van der Waals surface area contributed by atoms with Gasteiger partial charge in [-0.25, -0.2) is 0 Å². The monoisotopic (exact) mass is 305 g/mol. The number of aromatic nitrogens is 1. The van der Waals surface area contributed by atoms with Gasteiger partial charge in [0.15, 0.2) is 0 Å². The summed E-state index contributed by atoms with van der Waals surface area (Å²) >= 11 is 3.44. The van der Waals surface area contributed by atoms with E-state index in [4.69, 9.17) is 5.84 Å². The Kier molecular flexibility index (Phi) is 4.87. The molecular weight excluding hydrogens is 290 g/mol. The van der Waals surface area contributed by atoms with E-state index in [9.17, 15) is 0 Å². The predicted molar refractivity (Wildman–Crippen MR) is 76.9 cm³/mol. The van der Waals surface area contributed by atoms with Crippen LogP contribution in [0.4, 0.5) is 0 Å². The minimum Gasteiger partial charge on any atom is -0.271 e. The number of pyridine rings is 1. The van der Waals surface area contributed by atoms with E-state index in [1.54, 1.807) is 0 Å². The average molecular weight is 306 g/mol. The average Bonchev–Trinajstić information content (AvgIpc) is 2.41. The molecule has 0 amide bonds. The summed E-state index contributed by atoms with van der Waals surface area (Å²) in [7, 11) is 0. The number of nitrogens with two attached hydrogens (primary N) is 1. The molecule has 18 heavy (non-hydrogen) atoms. The summed E-state index contributed by atoms with van der Waals surface area (Å²) in [5, 5.41) is 0. The molecule has 1 unspecified atom stereocenters. The molecule has 3 N–H and O–H groups in total. The summed E-state index contributed by atoms with van der Waals surface area (Å²) in [6, 6.07) is 12.6. The second kappa shape index (κ2) is 6.64. The summed E-state index contributed by atoms with van der Waals surface area (Å²) in [5.41, 5.74) is 5.40. The van der Waals surface area contributed by atoms with Crippen molar-refractivity contribution in [2.24, 2.45) is 5.84 Å². The minimum atomic E-state index is 0.230.